The minimum Gasteiger partial charge on any atom is -0.478 e. The van der Waals surface area contributed by atoms with Crippen LogP contribution >= 0.6 is 11.6 Å². The molecular formula is C13H13ClN2O4S. The molecule has 8 heteroatoms. The maximum atomic E-state index is 11.4. The van der Waals surface area contributed by atoms with Gasteiger partial charge in [-0.1, -0.05) is 29.8 Å². The topological polar surface area (TPSA) is 109 Å². The Morgan fingerprint density at radius 3 is 2.67 bits per heavy atom. The van der Waals surface area contributed by atoms with Gasteiger partial charge in [0.25, 0.3) is 0 Å². The van der Waals surface area contributed by atoms with Crippen molar-refractivity contribution < 1.29 is 18.3 Å². The van der Waals surface area contributed by atoms with Gasteiger partial charge in [-0.15, -0.1) is 0 Å². The summed E-state index contributed by atoms with van der Waals surface area (Å²) in [6.07, 6.45) is 6.60. The lowest BCUT2D eigenvalue weighted by atomic mass is 10.1. The predicted octanol–water partition coefficient (Wildman–Crippen LogP) is 1.98. The third-order valence-electron chi connectivity index (χ3n) is 2.96. The number of benzene rings is 1. The summed E-state index contributed by atoms with van der Waals surface area (Å²) in [5.41, 5.74) is 1.13. The second-order valence-electron chi connectivity index (χ2n) is 4.49. The maximum Gasteiger partial charge on any atom is 0.337 e. The largest absolute Gasteiger partial charge is 0.478 e. The molecule has 6 nitrogen and oxygen atoms in total. The van der Waals surface area contributed by atoms with Gasteiger partial charge in [0.05, 0.1) is 16.3 Å². The molecule has 1 aliphatic rings. The molecule has 0 aromatic heterocycles. The molecule has 0 aliphatic heterocycles. The molecule has 4 N–H and O–H groups in total. The molecule has 21 heavy (non-hydrogen) atoms. The van der Waals surface area contributed by atoms with Gasteiger partial charge < -0.3 is 10.4 Å². The van der Waals surface area contributed by atoms with Gasteiger partial charge in [0, 0.05) is 6.54 Å². The van der Waals surface area contributed by atoms with E-state index in [0.29, 0.717) is 6.54 Å². The van der Waals surface area contributed by atoms with E-state index in [1.807, 2.05) is 18.2 Å². The molecule has 0 atom stereocenters. The highest BCUT2D eigenvalue weighted by Gasteiger charge is 2.20. The Morgan fingerprint density at radius 2 is 2.14 bits per heavy atom. The number of allylic oxidation sites excluding steroid dienone is 3. The zero-order chi connectivity index (χ0) is 15.6. The first-order chi connectivity index (χ1) is 9.79. The third kappa shape index (κ3) is 3.63. The van der Waals surface area contributed by atoms with Gasteiger partial charge >= 0.3 is 5.97 Å². The van der Waals surface area contributed by atoms with Crippen LogP contribution in [0.25, 0.3) is 0 Å². The molecule has 1 aliphatic carbocycles. The van der Waals surface area contributed by atoms with Crippen molar-refractivity contribution in [3.63, 3.8) is 0 Å². The van der Waals surface area contributed by atoms with Crippen LogP contribution in [0.15, 0.2) is 40.8 Å². The molecule has 0 fully saturated rings. The van der Waals surface area contributed by atoms with Gasteiger partial charge in [-0.2, -0.15) is 0 Å². The Hall–Kier alpha value is -1.83. The number of anilines is 1. The van der Waals surface area contributed by atoms with Gasteiger partial charge in [0.2, 0.25) is 10.0 Å². The average Bonchev–Trinajstić information content (AvgIpc) is 2.87. The quantitative estimate of drug-likeness (QED) is 0.765. The molecule has 0 heterocycles. The van der Waals surface area contributed by atoms with Crippen LogP contribution in [0.3, 0.4) is 0 Å². The zero-order valence-electron chi connectivity index (χ0n) is 10.8. The highest BCUT2D eigenvalue weighted by molar-refractivity contribution is 7.89. The van der Waals surface area contributed by atoms with E-state index in [9.17, 15) is 18.3 Å². The molecule has 2 rings (SSSR count). The van der Waals surface area contributed by atoms with Crippen molar-refractivity contribution in [1.29, 1.82) is 0 Å². The van der Waals surface area contributed by atoms with E-state index in [1.54, 1.807) is 0 Å². The molecule has 1 aromatic rings. The summed E-state index contributed by atoms with van der Waals surface area (Å²) in [5.74, 6) is -1.27. The fourth-order valence-corrected chi connectivity index (χ4v) is 3.03. The summed E-state index contributed by atoms with van der Waals surface area (Å²) in [6.45, 7) is 0.443. The van der Waals surface area contributed by atoms with Crippen molar-refractivity contribution in [2.75, 3.05) is 11.9 Å². The van der Waals surface area contributed by atoms with E-state index in [2.05, 4.69) is 5.32 Å². The van der Waals surface area contributed by atoms with Crippen LogP contribution in [0.1, 0.15) is 16.8 Å². The molecule has 0 spiro atoms. The number of aromatic carboxylic acids is 1. The number of halogens is 1. The highest BCUT2D eigenvalue weighted by atomic mass is 35.5. The van der Waals surface area contributed by atoms with Crippen LogP contribution in [-0.2, 0) is 10.0 Å². The number of nitrogens with two attached hydrogens (primary N) is 1. The van der Waals surface area contributed by atoms with Crippen LogP contribution in [-0.4, -0.2) is 26.0 Å². The Balaban J connectivity index is 2.36. The van der Waals surface area contributed by atoms with Gasteiger partial charge in [-0.25, -0.2) is 18.4 Å². The highest BCUT2D eigenvalue weighted by Crippen LogP contribution is 2.28. The first-order valence-electron chi connectivity index (χ1n) is 5.97. The van der Waals surface area contributed by atoms with Gasteiger partial charge in [0.1, 0.15) is 4.90 Å². The average molecular weight is 329 g/mol. The Labute approximate surface area is 127 Å². The molecule has 1 aromatic carbocycles. The second-order valence-corrected chi connectivity index (χ2v) is 6.43. The molecule has 0 bridgehead atoms. The summed E-state index contributed by atoms with van der Waals surface area (Å²) < 4.78 is 22.7. The number of carboxylic acids is 1. The van der Waals surface area contributed by atoms with E-state index in [4.69, 9.17) is 16.7 Å². The van der Waals surface area contributed by atoms with Crippen molar-refractivity contribution in [3.05, 3.63) is 46.5 Å². The number of primary sulfonamides is 1. The molecule has 0 saturated heterocycles. The smallest absolute Gasteiger partial charge is 0.337 e. The summed E-state index contributed by atoms with van der Waals surface area (Å²) >= 11 is 5.87. The van der Waals surface area contributed by atoms with E-state index >= 15 is 0 Å². The standard InChI is InChI=1S/C13H13ClN2O4S/c14-10-6-11(16-7-8-3-1-2-4-8)9(13(17)18)5-12(10)21(15,19)20/h1-3,5-6,16H,4,7H2,(H,17,18)(H2,15,19,20). The summed E-state index contributed by atoms with van der Waals surface area (Å²) in [4.78, 5) is 10.9. The number of rotatable bonds is 5. The van der Waals surface area contributed by atoms with Crippen LogP contribution in [0.5, 0.6) is 0 Å². The van der Waals surface area contributed by atoms with Crippen molar-refractivity contribution in [2.24, 2.45) is 5.14 Å². The van der Waals surface area contributed by atoms with Crippen molar-refractivity contribution in [1.82, 2.24) is 0 Å². The minimum atomic E-state index is -4.08. The van der Waals surface area contributed by atoms with Gasteiger partial charge in [-0.05, 0) is 24.1 Å². The van der Waals surface area contributed by atoms with Crippen molar-refractivity contribution in [3.8, 4) is 0 Å². The maximum absolute atomic E-state index is 11.4. The second kappa shape index (κ2) is 5.88. The molecule has 112 valence electrons. The molecule has 0 radical (unpaired) electrons. The summed E-state index contributed by atoms with van der Waals surface area (Å²) in [7, 11) is -4.08. The summed E-state index contributed by atoms with van der Waals surface area (Å²) in [6, 6.07) is 2.22. The predicted molar refractivity (Wildman–Crippen MR) is 80.1 cm³/mol. The van der Waals surface area contributed by atoms with Crippen LogP contribution in [0.2, 0.25) is 5.02 Å². The van der Waals surface area contributed by atoms with Crippen LogP contribution < -0.4 is 10.5 Å². The molecule has 0 saturated carbocycles. The molecule has 0 unspecified atom stereocenters. The Kier molecular flexibility index (Phi) is 4.36. The van der Waals surface area contributed by atoms with E-state index < -0.39 is 20.9 Å². The molecule has 0 amide bonds. The van der Waals surface area contributed by atoms with Crippen molar-refractivity contribution in [2.45, 2.75) is 11.3 Å². The lowest BCUT2D eigenvalue weighted by molar-refractivity contribution is 0.0697. The molecular weight excluding hydrogens is 316 g/mol. The van der Waals surface area contributed by atoms with Gasteiger partial charge in [-0.3, -0.25) is 0 Å². The lowest BCUT2D eigenvalue weighted by Gasteiger charge is -2.13. The zero-order valence-corrected chi connectivity index (χ0v) is 12.4. The minimum absolute atomic E-state index is 0.122. The third-order valence-corrected chi connectivity index (χ3v) is 4.34. The first kappa shape index (κ1) is 15.6. The van der Waals surface area contributed by atoms with E-state index in [-0.39, 0.29) is 16.3 Å². The number of hydrogen-bond acceptors (Lipinski definition) is 4. The fraction of sp³-hybridized carbons (Fsp3) is 0.154. The van der Waals surface area contributed by atoms with Crippen LogP contribution in [0.4, 0.5) is 5.69 Å². The Bertz CT molecular complexity index is 754. The number of sulfonamides is 1. The number of carbonyl (C=O) groups is 1. The van der Waals surface area contributed by atoms with E-state index in [0.717, 1.165) is 18.1 Å². The fourth-order valence-electron chi connectivity index (χ4n) is 1.93. The normalized spacial score (nSPS) is 14.1. The Morgan fingerprint density at radius 1 is 1.43 bits per heavy atom. The first-order valence-corrected chi connectivity index (χ1v) is 7.89. The number of nitrogens with one attached hydrogen (secondary N) is 1. The van der Waals surface area contributed by atoms with Crippen molar-refractivity contribution >= 4 is 33.3 Å². The summed E-state index contributed by atoms with van der Waals surface area (Å²) in [5, 5.41) is 17.0. The lowest BCUT2D eigenvalue weighted by Crippen LogP contribution is -2.15. The van der Waals surface area contributed by atoms with Gasteiger partial charge in [0.15, 0.2) is 0 Å². The monoisotopic (exact) mass is 328 g/mol. The van der Waals surface area contributed by atoms with E-state index in [1.165, 1.54) is 6.07 Å². The SMILES string of the molecule is NS(=O)(=O)c1cc(C(=O)O)c(NCC2=CC=CC2)cc1Cl. The number of hydrogen-bond donors (Lipinski definition) is 3. The van der Waals surface area contributed by atoms with Crippen LogP contribution in [0, 0.1) is 0 Å². The number of carboxylic acid groups (broad SMARTS) is 1.